The highest BCUT2D eigenvalue weighted by Gasteiger charge is 2.26. The zero-order chi connectivity index (χ0) is 13.1. The average molecular weight is 249 g/mol. The van der Waals surface area contributed by atoms with Gasteiger partial charge in [-0.2, -0.15) is 0 Å². The first kappa shape index (κ1) is 13.0. The molecule has 1 atom stereocenters. The molecule has 1 heterocycles. The minimum atomic E-state index is -0.000417. The van der Waals surface area contributed by atoms with Crippen LogP contribution < -0.4 is 11.1 Å². The van der Waals surface area contributed by atoms with Crippen molar-refractivity contribution in [2.45, 2.75) is 52.1 Å². The number of carbonyl (C=O) groups excluding carboxylic acids is 1. The van der Waals surface area contributed by atoms with Crippen LogP contribution in [0.5, 0.6) is 0 Å². The number of nitrogens with one attached hydrogen (secondary N) is 1. The van der Waals surface area contributed by atoms with Gasteiger partial charge >= 0.3 is 0 Å². The highest BCUT2D eigenvalue weighted by Crippen LogP contribution is 2.29. The number of nitrogen functional groups attached to an aromatic ring is 1. The van der Waals surface area contributed by atoms with E-state index < -0.39 is 0 Å². The fourth-order valence-corrected chi connectivity index (χ4v) is 2.49. The van der Waals surface area contributed by atoms with Crippen LogP contribution in [0.25, 0.3) is 0 Å². The van der Waals surface area contributed by atoms with Crippen LogP contribution in [0.15, 0.2) is 12.3 Å². The summed E-state index contributed by atoms with van der Waals surface area (Å²) in [6.07, 6.45) is 6.60. The molecule has 1 aromatic rings. The molecule has 0 saturated heterocycles. The van der Waals surface area contributed by atoms with Crippen LogP contribution in [0.1, 0.15) is 50.0 Å². The van der Waals surface area contributed by atoms with Crippen molar-refractivity contribution < 1.29 is 4.79 Å². The van der Waals surface area contributed by atoms with Crippen LogP contribution in [-0.2, 0) is 6.54 Å². The van der Waals surface area contributed by atoms with Crippen molar-refractivity contribution in [1.82, 2.24) is 9.88 Å². The van der Waals surface area contributed by atoms with Gasteiger partial charge in [0.1, 0.15) is 5.69 Å². The third-order valence-corrected chi connectivity index (χ3v) is 3.83. The lowest BCUT2D eigenvalue weighted by Crippen LogP contribution is -2.41. The summed E-state index contributed by atoms with van der Waals surface area (Å²) < 4.78 is 1.94. The van der Waals surface area contributed by atoms with Gasteiger partial charge in [-0.3, -0.25) is 4.79 Å². The Morgan fingerprint density at radius 3 is 2.89 bits per heavy atom. The molecule has 1 fully saturated rings. The highest BCUT2D eigenvalue weighted by atomic mass is 16.2. The molecule has 1 aliphatic carbocycles. The van der Waals surface area contributed by atoms with Gasteiger partial charge < -0.3 is 15.6 Å². The number of hydrogen-bond acceptors (Lipinski definition) is 2. The van der Waals surface area contributed by atoms with Crippen molar-refractivity contribution in [2.75, 3.05) is 5.73 Å². The number of hydrogen-bond donors (Lipinski definition) is 2. The van der Waals surface area contributed by atoms with Crippen molar-refractivity contribution >= 4 is 11.6 Å². The van der Waals surface area contributed by atoms with Crippen LogP contribution in [0.4, 0.5) is 5.69 Å². The second kappa shape index (κ2) is 5.46. The Morgan fingerprint density at radius 1 is 1.61 bits per heavy atom. The Labute approximate surface area is 109 Å². The maximum absolute atomic E-state index is 12.2. The highest BCUT2D eigenvalue weighted by molar-refractivity contribution is 5.94. The van der Waals surface area contributed by atoms with E-state index in [0.717, 1.165) is 13.0 Å². The molecular weight excluding hydrogens is 226 g/mol. The van der Waals surface area contributed by atoms with E-state index in [0.29, 0.717) is 17.3 Å². The Bertz CT molecular complexity index is 421. The molecular formula is C14H23N3O. The number of carbonyl (C=O) groups is 1. The molecule has 1 amide bonds. The van der Waals surface area contributed by atoms with Crippen LogP contribution in [0.2, 0.25) is 0 Å². The number of nitrogens with two attached hydrogens (primary N) is 1. The van der Waals surface area contributed by atoms with Gasteiger partial charge in [0, 0.05) is 18.8 Å². The van der Waals surface area contributed by atoms with Crippen LogP contribution in [0.3, 0.4) is 0 Å². The molecule has 4 heteroatoms. The van der Waals surface area contributed by atoms with Gasteiger partial charge in [-0.05, 0) is 38.2 Å². The molecule has 0 bridgehead atoms. The Morgan fingerprint density at radius 2 is 2.33 bits per heavy atom. The van der Waals surface area contributed by atoms with Gasteiger partial charge in [0.15, 0.2) is 0 Å². The van der Waals surface area contributed by atoms with Crippen molar-refractivity contribution in [1.29, 1.82) is 0 Å². The van der Waals surface area contributed by atoms with Crippen LogP contribution in [0, 0.1) is 5.92 Å². The molecule has 1 unspecified atom stereocenters. The molecule has 1 aliphatic rings. The summed E-state index contributed by atoms with van der Waals surface area (Å²) in [4.78, 5) is 12.2. The molecule has 0 aromatic carbocycles. The zero-order valence-electron chi connectivity index (χ0n) is 11.3. The topological polar surface area (TPSA) is 60.0 Å². The van der Waals surface area contributed by atoms with Crippen molar-refractivity contribution in [2.24, 2.45) is 5.92 Å². The molecule has 1 saturated carbocycles. The summed E-state index contributed by atoms with van der Waals surface area (Å²) in [7, 11) is 0. The Balaban J connectivity index is 2.02. The van der Waals surface area contributed by atoms with E-state index >= 15 is 0 Å². The Hall–Kier alpha value is -1.45. The molecule has 0 spiro atoms. The molecule has 3 N–H and O–H groups in total. The second-order valence-electron chi connectivity index (χ2n) is 5.31. The average Bonchev–Trinajstić information content (AvgIpc) is 2.57. The van der Waals surface area contributed by atoms with E-state index in [1.54, 1.807) is 6.07 Å². The predicted molar refractivity (Wildman–Crippen MR) is 73.4 cm³/mol. The first-order valence-corrected chi connectivity index (χ1v) is 6.88. The third kappa shape index (κ3) is 2.68. The monoisotopic (exact) mass is 249 g/mol. The van der Waals surface area contributed by atoms with Crippen molar-refractivity contribution in [3.63, 3.8) is 0 Å². The lowest BCUT2D eigenvalue weighted by molar-refractivity contribution is 0.0899. The fourth-order valence-electron chi connectivity index (χ4n) is 2.49. The summed E-state index contributed by atoms with van der Waals surface area (Å²) in [5, 5.41) is 3.09. The zero-order valence-corrected chi connectivity index (χ0v) is 11.3. The van der Waals surface area contributed by atoms with Crippen molar-refractivity contribution in [3.05, 3.63) is 18.0 Å². The summed E-state index contributed by atoms with van der Waals surface area (Å²) in [5.41, 5.74) is 7.11. The van der Waals surface area contributed by atoms with Gasteiger partial charge in [0.25, 0.3) is 5.91 Å². The number of nitrogens with zero attached hydrogens (tertiary/aromatic N) is 1. The molecule has 2 rings (SSSR count). The quantitative estimate of drug-likeness (QED) is 0.841. The minimum absolute atomic E-state index is 0.000417. The first-order chi connectivity index (χ1) is 8.61. The molecule has 100 valence electrons. The lowest BCUT2D eigenvalue weighted by atomic mass is 9.80. The molecule has 0 aliphatic heterocycles. The third-order valence-electron chi connectivity index (χ3n) is 3.83. The lowest BCUT2D eigenvalue weighted by Gasteiger charge is -2.31. The van der Waals surface area contributed by atoms with E-state index in [-0.39, 0.29) is 11.9 Å². The fraction of sp³-hybridized carbons (Fsp3) is 0.643. The Kier molecular flexibility index (Phi) is 3.94. The minimum Gasteiger partial charge on any atom is -0.397 e. The number of aromatic nitrogens is 1. The summed E-state index contributed by atoms with van der Waals surface area (Å²) in [5.74, 6) is 0.653. The maximum Gasteiger partial charge on any atom is 0.268 e. The van der Waals surface area contributed by atoms with Gasteiger partial charge in [-0.1, -0.05) is 13.3 Å². The number of anilines is 1. The van der Waals surface area contributed by atoms with Crippen LogP contribution in [-0.4, -0.2) is 16.5 Å². The maximum atomic E-state index is 12.2. The van der Waals surface area contributed by atoms with E-state index in [1.807, 2.05) is 10.8 Å². The standard InChI is InChI=1S/C14H23N3O/c1-3-7-17-9-12(15)8-13(17)14(18)16-10(2)11-5-4-6-11/h8-11H,3-7,15H2,1-2H3,(H,16,18). The summed E-state index contributed by atoms with van der Waals surface area (Å²) in [6, 6.07) is 2.02. The SMILES string of the molecule is CCCn1cc(N)cc1C(=O)NC(C)C1CCC1. The van der Waals surface area contributed by atoms with Gasteiger partial charge in [-0.15, -0.1) is 0 Å². The molecule has 4 nitrogen and oxygen atoms in total. The largest absolute Gasteiger partial charge is 0.397 e. The van der Waals surface area contributed by atoms with Gasteiger partial charge in [0.05, 0.1) is 5.69 Å². The van der Waals surface area contributed by atoms with Crippen molar-refractivity contribution in [3.8, 4) is 0 Å². The summed E-state index contributed by atoms with van der Waals surface area (Å²) >= 11 is 0. The van der Waals surface area contributed by atoms with Gasteiger partial charge in [0.2, 0.25) is 0 Å². The van der Waals surface area contributed by atoms with E-state index in [1.165, 1.54) is 19.3 Å². The molecule has 1 aromatic heterocycles. The normalized spacial score (nSPS) is 17.2. The number of amides is 1. The van der Waals surface area contributed by atoms with E-state index in [2.05, 4.69) is 19.2 Å². The second-order valence-corrected chi connectivity index (χ2v) is 5.31. The number of aryl methyl sites for hydroxylation is 1. The van der Waals surface area contributed by atoms with Gasteiger partial charge in [-0.25, -0.2) is 0 Å². The molecule has 0 radical (unpaired) electrons. The first-order valence-electron chi connectivity index (χ1n) is 6.88. The smallest absolute Gasteiger partial charge is 0.268 e. The van der Waals surface area contributed by atoms with E-state index in [9.17, 15) is 4.79 Å². The van der Waals surface area contributed by atoms with E-state index in [4.69, 9.17) is 5.73 Å². The summed E-state index contributed by atoms with van der Waals surface area (Å²) in [6.45, 7) is 5.02. The van der Waals surface area contributed by atoms with Crippen LogP contribution >= 0.6 is 0 Å². The predicted octanol–water partition coefficient (Wildman–Crippen LogP) is 2.40. The number of rotatable bonds is 5. The molecule has 18 heavy (non-hydrogen) atoms.